The lowest BCUT2D eigenvalue weighted by Gasteiger charge is -2.35. The number of hydrogen-bond donors (Lipinski definition) is 2. The van der Waals surface area contributed by atoms with Gasteiger partial charge in [-0.2, -0.15) is 0 Å². The number of pyridine rings is 1. The molecule has 0 spiro atoms. The molecule has 2 heterocycles. The molecular weight excluding hydrogens is 342 g/mol. The fraction of sp³-hybridized carbons (Fsp3) is 0.524. The van der Waals surface area contributed by atoms with E-state index in [9.17, 15) is 15.0 Å². The van der Waals surface area contributed by atoms with Crippen LogP contribution in [0.25, 0.3) is 10.9 Å². The highest BCUT2D eigenvalue weighted by Crippen LogP contribution is 2.31. The van der Waals surface area contributed by atoms with Crippen LogP contribution in [0.3, 0.4) is 0 Å². The van der Waals surface area contributed by atoms with Crippen molar-refractivity contribution in [3.63, 3.8) is 0 Å². The van der Waals surface area contributed by atoms with Gasteiger partial charge in [-0.25, -0.2) is 4.79 Å². The number of aliphatic hydroxyl groups excluding tert-OH is 1. The topological polar surface area (TPSA) is 76.9 Å². The second-order valence-electron chi connectivity index (χ2n) is 7.82. The first-order chi connectivity index (χ1) is 12.8. The maximum absolute atomic E-state index is 11.8. The molecule has 0 saturated carbocycles. The average Bonchev–Trinajstić information content (AvgIpc) is 2.61. The Labute approximate surface area is 160 Å². The van der Waals surface area contributed by atoms with E-state index in [2.05, 4.69) is 14.8 Å². The van der Waals surface area contributed by atoms with E-state index in [1.165, 1.54) is 6.20 Å². The SMILES string of the molecule is Cc1ccc2ncc(C(=O)O)c(N(C)CC3CCN(CC(C)O)CC3)c2c1. The predicted molar refractivity (Wildman–Crippen MR) is 108 cm³/mol. The van der Waals surface area contributed by atoms with E-state index in [0.717, 1.165) is 61.2 Å². The summed E-state index contributed by atoms with van der Waals surface area (Å²) in [7, 11) is 1.98. The number of carboxylic acids is 1. The van der Waals surface area contributed by atoms with E-state index in [1.54, 1.807) is 0 Å². The van der Waals surface area contributed by atoms with Crippen LogP contribution in [0.4, 0.5) is 5.69 Å². The number of rotatable bonds is 6. The van der Waals surface area contributed by atoms with Gasteiger partial charge in [0, 0.05) is 31.7 Å². The summed E-state index contributed by atoms with van der Waals surface area (Å²) in [6.07, 6.45) is 3.29. The number of aromatic carboxylic acids is 1. The molecule has 3 rings (SSSR count). The summed E-state index contributed by atoms with van der Waals surface area (Å²) < 4.78 is 0. The lowest BCUT2D eigenvalue weighted by Crippen LogP contribution is -2.40. The zero-order valence-electron chi connectivity index (χ0n) is 16.4. The smallest absolute Gasteiger partial charge is 0.339 e. The van der Waals surface area contributed by atoms with E-state index in [0.29, 0.717) is 5.92 Å². The largest absolute Gasteiger partial charge is 0.478 e. The Balaban J connectivity index is 1.81. The average molecular weight is 371 g/mol. The van der Waals surface area contributed by atoms with Gasteiger partial charge in [0.05, 0.1) is 17.3 Å². The molecule has 1 unspecified atom stereocenters. The summed E-state index contributed by atoms with van der Waals surface area (Å²) in [5.41, 5.74) is 2.91. The molecule has 2 N–H and O–H groups in total. The third kappa shape index (κ3) is 4.57. The minimum absolute atomic E-state index is 0.252. The molecule has 6 heteroatoms. The number of β-amino-alcohol motifs (C(OH)–C–C–N with tert-alkyl or cyclic N) is 1. The molecule has 1 aromatic heterocycles. The van der Waals surface area contributed by atoms with Crippen molar-refractivity contribution in [1.29, 1.82) is 0 Å². The molecule has 1 saturated heterocycles. The number of piperidine rings is 1. The summed E-state index contributed by atoms with van der Waals surface area (Å²) in [6.45, 7) is 7.32. The van der Waals surface area contributed by atoms with E-state index >= 15 is 0 Å². The number of carbonyl (C=O) groups is 1. The van der Waals surface area contributed by atoms with Crippen molar-refractivity contribution < 1.29 is 15.0 Å². The number of carboxylic acid groups (broad SMARTS) is 1. The van der Waals surface area contributed by atoms with Crippen molar-refractivity contribution in [2.24, 2.45) is 5.92 Å². The number of nitrogens with zero attached hydrogens (tertiary/aromatic N) is 3. The van der Waals surface area contributed by atoms with E-state index in [4.69, 9.17) is 0 Å². The molecule has 146 valence electrons. The number of benzene rings is 1. The molecule has 0 amide bonds. The Morgan fingerprint density at radius 3 is 2.70 bits per heavy atom. The van der Waals surface area contributed by atoms with Crippen molar-refractivity contribution in [3.8, 4) is 0 Å². The fourth-order valence-corrected chi connectivity index (χ4v) is 4.06. The highest BCUT2D eigenvalue weighted by molar-refractivity contribution is 6.04. The standard InChI is InChI=1S/C21H29N3O3/c1-14-4-5-19-17(10-14)20(18(11-22-19)21(26)27)23(3)13-16-6-8-24(9-7-16)12-15(2)25/h4-5,10-11,15-16,25H,6-9,12-13H2,1-3H3,(H,26,27). The number of anilines is 1. The van der Waals surface area contributed by atoms with Crippen LogP contribution < -0.4 is 4.90 Å². The maximum atomic E-state index is 11.8. The molecule has 27 heavy (non-hydrogen) atoms. The van der Waals surface area contributed by atoms with Gasteiger partial charge in [-0.05, 0) is 57.8 Å². The Morgan fingerprint density at radius 1 is 1.37 bits per heavy atom. The van der Waals surface area contributed by atoms with Crippen LogP contribution in [-0.2, 0) is 0 Å². The Kier molecular flexibility index (Phi) is 5.97. The number of fused-ring (bicyclic) bond motifs is 1. The molecule has 1 aliphatic rings. The monoisotopic (exact) mass is 371 g/mol. The first-order valence-electron chi connectivity index (χ1n) is 9.59. The van der Waals surface area contributed by atoms with Crippen LogP contribution >= 0.6 is 0 Å². The molecule has 6 nitrogen and oxygen atoms in total. The zero-order chi connectivity index (χ0) is 19.6. The summed E-state index contributed by atoms with van der Waals surface area (Å²) in [6, 6.07) is 5.96. The number of hydrogen-bond acceptors (Lipinski definition) is 5. The van der Waals surface area contributed by atoms with E-state index < -0.39 is 5.97 Å². The Morgan fingerprint density at radius 2 is 2.07 bits per heavy atom. The van der Waals surface area contributed by atoms with Crippen LogP contribution in [0.1, 0.15) is 35.7 Å². The first kappa shape index (κ1) is 19.6. The molecule has 1 fully saturated rings. The molecule has 0 aliphatic carbocycles. The highest BCUT2D eigenvalue weighted by Gasteiger charge is 2.24. The van der Waals surface area contributed by atoms with Crippen LogP contribution in [0.15, 0.2) is 24.4 Å². The summed E-state index contributed by atoms with van der Waals surface area (Å²) >= 11 is 0. The number of likely N-dealkylation sites (tertiary alicyclic amines) is 1. The minimum Gasteiger partial charge on any atom is -0.478 e. The number of aromatic nitrogens is 1. The van der Waals surface area contributed by atoms with Gasteiger partial charge in [0.15, 0.2) is 0 Å². The van der Waals surface area contributed by atoms with Gasteiger partial charge in [-0.3, -0.25) is 4.98 Å². The zero-order valence-corrected chi connectivity index (χ0v) is 16.4. The lowest BCUT2D eigenvalue weighted by molar-refractivity contribution is 0.0697. The molecule has 0 bridgehead atoms. The molecule has 1 atom stereocenters. The molecular formula is C21H29N3O3. The fourth-order valence-electron chi connectivity index (χ4n) is 4.06. The quantitative estimate of drug-likeness (QED) is 0.813. The summed E-state index contributed by atoms with van der Waals surface area (Å²) in [4.78, 5) is 20.5. The van der Waals surface area contributed by atoms with Crippen LogP contribution in [0, 0.1) is 12.8 Å². The van der Waals surface area contributed by atoms with Gasteiger partial charge < -0.3 is 20.0 Å². The van der Waals surface area contributed by atoms with E-state index in [1.807, 2.05) is 39.1 Å². The highest BCUT2D eigenvalue weighted by atomic mass is 16.4. The molecule has 0 radical (unpaired) electrons. The molecule has 1 aliphatic heterocycles. The molecule has 2 aromatic rings. The van der Waals surface area contributed by atoms with E-state index in [-0.39, 0.29) is 11.7 Å². The van der Waals surface area contributed by atoms with Crippen molar-refractivity contribution in [1.82, 2.24) is 9.88 Å². The third-order valence-corrected chi connectivity index (χ3v) is 5.37. The first-order valence-corrected chi connectivity index (χ1v) is 9.59. The van der Waals surface area contributed by atoms with Crippen molar-refractivity contribution in [2.75, 3.05) is 38.1 Å². The molecule has 1 aromatic carbocycles. The Hall–Kier alpha value is -2.18. The van der Waals surface area contributed by atoms with Gasteiger partial charge >= 0.3 is 5.97 Å². The second-order valence-corrected chi connectivity index (χ2v) is 7.82. The van der Waals surface area contributed by atoms with Gasteiger partial charge in [-0.15, -0.1) is 0 Å². The van der Waals surface area contributed by atoms with Crippen molar-refractivity contribution in [3.05, 3.63) is 35.5 Å². The number of aryl methyl sites for hydroxylation is 1. The van der Waals surface area contributed by atoms with Crippen molar-refractivity contribution in [2.45, 2.75) is 32.8 Å². The number of aliphatic hydroxyl groups is 1. The van der Waals surface area contributed by atoms with Gasteiger partial charge in [0.1, 0.15) is 5.56 Å². The van der Waals surface area contributed by atoms with Crippen LogP contribution in [0.2, 0.25) is 0 Å². The normalized spacial score (nSPS) is 17.2. The Bertz CT molecular complexity index is 814. The van der Waals surface area contributed by atoms with Crippen LogP contribution in [0.5, 0.6) is 0 Å². The lowest BCUT2D eigenvalue weighted by atomic mass is 9.95. The van der Waals surface area contributed by atoms with Crippen molar-refractivity contribution >= 4 is 22.6 Å². The van der Waals surface area contributed by atoms with Gasteiger partial charge in [0.2, 0.25) is 0 Å². The summed E-state index contributed by atoms with van der Waals surface area (Å²) in [5, 5.41) is 20.1. The minimum atomic E-state index is -0.945. The van der Waals surface area contributed by atoms with Gasteiger partial charge in [0.25, 0.3) is 0 Å². The van der Waals surface area contributed by atoms with Crippen LogP contribution in [-0.4, -0.2) is 65.4 Å². The third-order valence-electron chi connectivity index (χ3n) is 5.37. The second kappa shape index (κ2) is 8.23. The predicted octanol–water partition coefficient (Wildman–Crippen LogP) is 2.77. The maximum Gasteiger partial charge on any atom is 0.339 e. The summed E-state index contributed by atoms with van der Waals surface area (Å²) in [5.74, 6) is -0.436. The van der Waals surface area contributed by atoms with Gasteiger partial charge in [-0.1, -0.05) is 11.6 Å².